The van der Waals surface area contributed by atoms with Crippen molar-refractivity contribution in [3.05, 3.63) is 59.1 Å². The summed E-state index contributed by atoms with van der Waals surface area (Å²) in [6, 6.07) is 12.6. The van der Waals surface area contributed by atoms with Crippen LogP contribution in [0.2, 0.25) is 5.02 Å². The zero-order valence-corrected chi connectivity index (χ0v) is 16.0. The van der Waals surface area contributed by atoms with Gasteiger partial charge in [-0.05, 0) is 48.7 Å². The van der Waals surface area contributed by atoms with Crippen LogP contribution >= 0.6 is 11.6 Å². The summed E-state index contributed by atoms with van der Waals surface area (Å²) < 4.78 is 26.6. The minimum absolute atomic E-state index is 0.0760. The molecular formula is C19H19ClN2O4S. The molecule has 2 N–H and O–H groups in total. The van der Waals surface area contributed by atoms with Crippen LogP contribution in [0.15, 0.2) is 53.4 Å². The summed E-state index contributed by atoms with van der Waals surface area (Å²) in [5.74, 6) is -1.51. The quantitative estimate of drug-likeness (QED) is 0.787. The molecular weight excluding hydrogens is 388 g/mol. The molecule has 1 atom stereocenters. The van der Waals surface area contributed by atoms with Crippen molar-refractivity contribution >= 4 is 39.0 Å². The number of anilines is 1. The van der Waals surface area contributed by atoms with Crippen molar-refractivity contribution in [1.82, 2.24) is 4.31 Å². The number of Topliss-reactive ketones (excluding diaryl/α,β-unsaturated/α-hetero) is 1. The van der Waals surface area contributed by atoms with Crippen LogP contribution in [0.25, 0.3) is 0 Å². The van der Waals surface area contributed by atoms with Crippen molar-refractivity contribution in [2.75, 3.05) is 12.3 Å². The average molecular weight is 407 g/mol. The first-order valence-electron chi connectivity index (χ1n) is 8.46. The Morgan fingerprint density at radius 3 is 2.41 bits per heavy atom. The molecule has 0 aromatic heterocycles. The highest BCUT2D eigenvalue weighted by Gasteiger charge is 2.38. The van der Waals surface area contributed by atoms with Gasteiger partial charge in [0, 0.05) is 23.0 Å². The fourth-order valence-corrected chi connectivity index (χ4v) is 4.65. The second-order valence-corrected chi connectivity index (χ2v) is 8.78. The van der Waals surface area contributed by atoms with Crippen LogP contribution in [-0.2, 0) is 26.0 Å². The van der Waals surface area contributed by atoms with Crippen molar-refractivity contribution in [2.45, 2.75) is 24.2 Å². The third kappa shape index (κ3) is 4.14. The van der Waals surface area contributed by atoms with Gasteiger partial charge < -0.3 is 5.73 Å². The zero-order valence-electron chi connectivity index (χ0n) is 14.5. The van der Waals surface area contributed by atoms with Gasteiger partial charge in [-0.1, -0.05) is 29.8 Å². The van der Waals surface area contributed by atoms with E-state index in [4.69, 9.17) is 17.3 Å². The third-order valence-electron chi connectivity index (χ3n) is 4.61. The minimum atomic E-state index is -4.15. The highest BCUT2D eigenvalue weighted by atomic mass is 35.5. The van der Waals surface area contributed by atoms with Gasteiger partial charge in [0.15, 0.2) is 5.78 Å². The molecule has 2 aromatic rings. The van der Waals surface area contributed by atoms with E-state index in [0.717, 1.165) is 5.56 Å². The number of ketones is 1. The van der Waals surface area contributed by atoms with E-state index >= 15 is 0 Å². The molecule has 1 aliphatic heterocycles. The molecule has 2 aromatic carbocycles. The van der Waals surface area contributed by atoms with Crippen LogP contribution < -0.4 is 5.73 Å². The van der Waals surface area contributed by atoms with Crippen LogP contribution in [0.1, 0.15) is 18.4 Å². The average Bonchev–Trinajstić information content (AvgIpc) is 2.77. The van der Waals surface area contributed by atoms with E-state index in [9.17, 15) is 18.0 Å². The summed E-state index contributed by atoms with van der Waals surface area (Å²) in [6.45, 7) is -0.454. The van der Waals surface area contributed by atoms with Crippen molar-refractivity contribution < 1.29 is 18.0 Å². The second-order valence-electron chi connectivity index (χ2n) is 6.48. The maximum Gasteiger partial charge on any atom is 0.266 e. The SMILES string of the molecule is Nc1ccccc1CC1CCC(=O)CN(S(=O)(=O)c2ccc(Cl)cc2)C1=O. The lowest BCUT2D eigenvalue weighted by molar-refractivity contribution is -0.131. The van der Waals surface area contributed by atoms with E-state index in [-0.39, 0.29) is 23.5 Å². The molecule has 0 aliphatic carbocycles. The first kappa shape index (κ1) is 19.4. The lowest BCUT2D eigenvalue weighted by Gasteiger charge is -2.24. The Morgan fingerprint density at radius 1 is 1.07 bits per heavy atom. The zero-order chi connectivity index (χ0) is 19.6. The van der Waals surface area contributed by atoms with Crippen LogP contribution in [0.5, 0.6) is 0 Å². The number of sulfonamides is 1. The Labute approximate surface area is 163 Å². The highest BCUT2D eigenvalue weighted by molar-refractivity contribution is 7.89. The topological polar surface area (TPSA) is 97.5 Å². The molecule has 1 amide bonds. The molecule has 142 valence electrons. The summed E-state index contributed by atoms with van der Waals surface area (Å²) in [5, 5.41) is 0.379. The van der Waals surface area contributed by atoms with Crippen LogP contribution in [0.4, 0.5) is 5.69 Å². The Hall–Kier alpha value is -2.38. The van der Waals surface area contributed by atoms with Crippen molar-refractivity contribution in [2.24, 2.45) is 5.92 Å². The molecule has 1 saturated heterocycles. The fourth-order valence-electron chi connectivity index (χ4n) is 3.09. The highest BCUT2D eigenvalue weighted by Crippen LogP contribution is 2.27. The molecule has 0 saturated carbocycles. The number of hydrogen-bond acceptors (Lipinski definition) is 5. The standard InChI is InChI=1S/C19H19ClN2O4S/c20-15-6-9-17(10-7-15)27(25,26)22-12-16(23)8-5-14(19(22)24)11-13-3-1-2-4-18(13)21/h1-4,6-7,9-10,14H,5,8,11-12,21H2. The van der Waals surface area contributed by atoms with Gasteiger partial charge in [0.05, 0.1) is 11.4 Å². The fraction of sp³-hybridized carbons (Fsp3) is 0.263. The van der Waals surface area contributed by atoms with Gasteiger partial charge in [-0.15, -0.1) is 0 Å². The number of carbonyl (C=O) groups excluding carboxylic acids is 2. The van der Waals surface area contributed by atoms with Gasteiger partial charge in [-0.2, -0.15) is 0 Å². The Morgan fingerprint density at radius 2 is 1.74 bits per heavy atom. The second kappa shape index (κ2) is 7.70. The first-order valence-corrected chi connectivity index (χ1v) is 10.3. The number of halogens is 1. The van der Waals surface area contributed by atoms with Gasteiger partial charge in [-0.3, -0.25) is 9.59 Å². The molecule has 1 unspecified atom stereocenters. The van der Waals surface area contributed by atoms with E-state index in [2.05, 4.69) is 0 Å². The predicted octanol–water partition coefficient (Wildman–Crippen LogP) is 2.66. The number of nitrogens with two attached hydrogens (primary N) is 1. The minimum Gasteiger partial charge on any atom is -0.399 e. The molecule has 0 bridgehead atoms. The number of para-hydroxylation sites is 1. The summed E-state index contributed by atoms with van der Waals surface area (Å²) in [7, 11) is -4.15. The molecule has 0 spiro atoms. The Kier molecular flexibility index (Phi) is 5.53. The molecule has 0 radical (unpaired) electrons. The number of hydrogen-bond donors (Lipinski definition) is 1. The summed E-state index contributed by atoms with van der Waals surface area (Å²) in [5.41, 5.74) is 7.25. The number of nitrogen functional groups attached to an aromatic ring is 1. The van der Waals surface area contributed by atoms with Gasteiger partial charge in [0.1, 0.15) is 0 Å². The molecule has 1 aliphatic rings. The first-order chi connectivity index (χ1) is 12.8. The van der Waals surface area contributed by atoms with E-state index in [1.54, 1.807) is 24.3 Å². The Bertz CT molecular complexity index is 973. The maximum absolute atomic E-state index is 13.0. The normalized spacial score (nSPS) is 18.4. The molecule has 3 rings (SSSR count). The number of carbonyl (C=O) groups is 2. The lowest BCUT2D eigenvalue weighted by atomic mass is 9.93. The van der Waals surface area contributed by atoms with Gasteiger partial charge in [0.25, 0.3) is 10.0 Å². The van der Waals surface area contributed by atoms with Crippen LogP contribution in [0.3, 0.4) is 0 Å². The lowest BCUT2D eigenvalue weighted by Crippen LogP contribution is -2.42. The number of benzene rings is 2. The molecule has 8 heteroatoms. The largest absolute Gasteiger partial charge is 0.399 e. The van der Waals surface area contributed by atoms with E-state index < -0.39 is 28.4 Å². The molecule has 27 heavy (non-hydrogen) atoms. The van der Waals surface area contributed by atoms with Crippen molar-refractivity contribution in [3.63, 3.8) is 0 Å². The van der Waals surface area contributed by atoms with Crippen molar-refractivity contribution in [3.8, 4) is 0 Å². The van der Waals surface area contributed by atoms with Crippen LogP contribution in [-0.4, -0.2) is 31.0 Å². The smallest absolute Gasteiger partial charge is 0.266 e. The molecule has 6 nitrogen and oxygen atoms in total. The monoisotopic (exact) mass is 406 g/mol. The number of nitrogens with zero attached hydrogens (tertiary/aromatic N) is 1. The van der Waals surface area contributed by atoms with Crippen LogP contribution in [0, 0.1) is 5.92 Å². The van der Waals surface area contributed by atoms with E-state index in [1.165, 1.54) is 24.3 Å². The molecule has 1 fully saturated rings. The van der Waals surface area contributed by atoms with Gasteiger partial charge >= 0.3 is 0 Å². The van der Waals surface area contributed by atoms with Gasteiger partial charge in [0.2, 0.25) is 5.91 Å². The third-order valence-corrected chi connectivity index (χ3v) is 6.62. The predicted molar refractivity (Wildman–Crippen MR) is 103 cm³/mol. The van der Waals surface area contributed by atoms with E-state index in [0.29, 0.717) is 21.4 Å². The van der Waals surface area contributed by atoms with Crippen molar-refractivity contribution in [1.29, 1.82) is 0 Å². The maximum atomic E-state index is 13.0. The Balaban J connectivity index is 1.94. The number of amides is 1. The summed E-state index contributed by atoms with van der Waals surface area (Å²) in [4.78, 5) is 25.1. The summed E-state index contributed by atoms with van der Waals surface area (Å²) in [6.07, 6.45) is 0.722. The van der Waals surface area contributed by atoms with E-state index in [1.807, 2.05) is 0 Å². The number of rotatable bonds is 4. The summed E-state index contributed by atoms with van der Waals surface area (Å²) >= 11 is 5.81. The van der Waals surface area contributed by atoms with Gasteiger partial charge in [-0.25, -0.2) is 12.7 Å². The molecule has 1 heterocycles.